The van der Waals surface area contributed by atoms with Crippen LogP contribution in [0.4, 0.5) is 0 Å². The average molecular weight is 369 g/mol. The maximum atomic E-state index is 12.4. The van der Waals surface area contributed by atoms with Crippen LogP contribution in [-0.2, 0) is 4.79 Å². The van der Waals surface area contributed by atoms with Gasteiger partial charge in [-0.3, -0.25) is 4.79 Å². The first-order valence-electron chi connectivity index (χ1n) is 9.49. The molecule has 4 aliphatic rings. The summed E-state index contributed by atoms with van der Waals surface area (Å²) >= 11 is 0. The lowest BCUT2D eigenvalue weighted by Gasteiger charge is -2.45. The van der Waals surface area contributed by atoms with E-state index in [-0.39, 0.29) is 24.2 Å². The highest BCUT2D eigenvalue weighted by molar-refractivity contribution is 5.85. The first-order valence-corrected chi connectivity index (χ1v) is 9.49. The molecule has 3 nitrogen and oxygen atoms in total. The molecular formula is C22H25ClN2O. The van der Waals surface area contributed by atoms with Gasteiger partial charge in [0, 0.05) is 24.9 Å². The molecule has 4 heteroatoms. The fourth-order valence-corrected chi connectivity index (χ4v) is 5.21. The van der Waals surface area contributed by atoms with E-state index < -0.39 is 0 Å². The molecule has 0 spiro atoms. The van der Waals surface area contributed by atoms with E-state index >= 15 is 0 Å². The molecule has 1 saturated heterocycles. The fraction of sp³-hybridized carbons (Fsp3) is 0.409. The number of rotatable bonds is 3. The summed E-state index contributed by atoms with van der Waals surface area (Å²) in [6.07, 6.45) is 2.11. The van der Waals surface area contributed by atoms with E-state index in [1.807, 2.05) is 0 Å². The largest absolute Gasteiger partial charge is 0.356 e. The Morgan fingerprint density at radius 1 is 1.00 bits per heavy atom. The lowest BCUT2D eigenvalue weighted by molar-refractivity contribution is -0.124. The third kappa shape index (κ3) is 2.74. The van der Waals surface area contributed by atoms with Gasteiger partial charge in [0.2, 0.25) is 5.91 Å². The van der Waals surface area contributed by atoms with Crippen LogP contribution in [0.25, 0.3) is 0 Å². The van der Waals surface area contributed by atoms with Gasteiger partial charge in [-0.05, 0) is 47.6 Å². The molecule has 2 N–H and O–H groups in total. The SMILES string of the molecule is Cl.O=C(NCC1CC2c3ccccc3C1c1ccccc12)C1CCNC1. The third-order valence-electron chi connectivity index (χ3n) is 6.39. The first kappa shape index (κ1) is 17.6. The quantitative estimate of drug-likeness (QED) is 0.871. The van der Waals surface area contributed by atoms with Gasteiger partial charge in [-0.2, -0.15) is 0 Å². The summed E-state index contributed by atoms with van der Waals surface area (Å²) in [6, 6.07) is 17.8. The second-order valence-corrected chi connectivity index (χ2v) is 7.72. The van der Waals surface area contributed by atoms with Crippen molar-refractivity contribution in [2.45, 2.75) is 24.7 Å². The zero-order chi connectivity index (χ0) is 16.8. The summed E-state index contributed by atoms with van der Waals surface area (Å²) < 4.78 is 0. The van der Waals surface area contributed by atoms with Gasteiger partial charge < -0.3 is 10.6 Å². The molecule has 1 heterocycles. The predicted molar refractivity (Wildman–Crippen MR) is 106 cm³/mol. The molecule has 6 rings (SSSR count). The Morgan fingerprint density at radius 2 is 1.62 bits per heavy atom. The first-order chi connectivity index (χ1) is 12.3. The maximum Gasteiger partial charge on any atom is 0.224 e. The van der Waals surface area contributed by atoms with Crippen molar-refractivity contribution in [3.8, 4) is 0 Å². The Kier molecular flexibility index (Phi) is 4.76. The number of fused-ring (bicyclic) bond motifs is 1. The number of halogens is 1. The second-order valence-electron chi connectivity index (χ2n) is 7.72. The van der Waals surface area contributed by atoms with Crippen LogP contribution in [0, 0.1) is 11.8 Å². The molecule has 2 aromatic rings. The summed E-state index contributed by atoms with van der Waals surface area (Å²) in [7, 11) is 0. The highest BCUT2D eigenvalue weighted by atomic mass is 35.5. The summed E-state index contributed by atoms with van der Waals surface area (Å²) in [5.74, 6) is 1.77. The minimum absolute atomic E-state index is 0. The topological polar surface area (TPSA) is 41.1 Å². The number of benzene rings is 2. The van der Waals surface area contributed by atoms with E-state index in [0.717, 1.165) is 32.5 Å². The van der Waals surface area contributed by atoms with Crippen molar-refractivity contribution in [2.75, 3.05) is 19.6 Å². The van der Waals surface area contributed by atoms with Crippen molar-refractivity contribution in [1.29, 1.82) is 0 Å². The standard InChI is InChI=1S/C22H24N2O.ClH/c25-22(14-9-10-23-12-14)24-13-15-11-20-16-5-1-3-7-18(16)21(15)19-8-4-2-6-17(19)20;/h1-8,14-15,20-21,23H,9-13H2,(H,24,25);1H. The van der Waals surface area contributed by atoms with Gasteiger partial charge >= 0.3 is 0 Å². The molecule has 2 unspecified atom stereocenters. The molecule has 1 amide bonds. The average Bonchev–Trinajstić information content (AvgIpc) is 3.21. The molecule has 0 saturated carbocycles. The van der Waals surface area contributed by atoms with Gasteiger partial charge in [-0.1, -0.05) is 48.5 Å². The number of amides is 1. The Balaban J connectivity index is 0.00000168. The summed E-state index contributed by atoms with van der Waals surface area (Å²) in [4.78, 5) is 12.4. The molecular weight excluding hydrogens is 344 g/mol. The normalized spacial score (nSPS) is 28.0. The summed E-state index contributed by atoms with van der Waals surface area (Å²) in [5.41, 5.74) is 5.93. The van der Waals surface area contributed by atoms with Crippen molar-refractivity contribution in [2.24, 2.45) is 11.8 Å². The number of hydrogen-bond acceptors (Lipinski definition) is 2. The van der Waals surface area contributed by atoms with Crippen molar-refractivity contribution in [3.63, 3.8) is 0 Å². The van der Waals surface area contributed by atoms with Crippen molar-refractivity contribution >= 4 is 18.3 Å². The third-order valence-corrected chi connectivity index (χ3v) is 6.39. The van der Waals surface area contributed by atoms with Crippen LogP contribution >= 0.6 is 12.4 Å². The van der Waals surface area contributed by atoms with E-state index in [0.29, 0.717) is 17.8 Å². The zero-order valence-electron chi connectivity index (χ0n) is 14.8. The zero-order valence-corrected chi connectivity index (χ0v) is 15.6. The van der Waals surface area contributed by atoms with Gasteiger partial charge in [0.15, 0.2) is 0 Å². The van der Waals surface area contributed by atoms with Gasteiger partial charge in [0.05, 0.1) is 5.92 Å². The lowest BCUT2D eigenvalue weighted by atomic mass is 9.59. The molecule has 136 valence electrons. The molecule has 2 atom stereocenters. The number of nitrogens with one attached hydrogen (secondary N) is 2. The smallest absolute Gasteiger partial charge is 0.224 e. The summed E-state index contributed by atoms with van der Waals surface area (Å²) in [5, 5.41) is 6.55. The highest BCUT2D eigenvalue weighted by Gasteiger charge is 2.43. The molecule has 0 radical (unpaired) electrons. The Hall–Kier alpha value is -1.84. The van der Waals surface area contributed by atoms with E-state index in [2.05, 4.69) is 59.2 Å². The fourth-order valence-electron chi connectivity index (χ4n) is 5.21. The van der Waals surface area contributed by atoms with Crippen LogP contribution in [0.3, 0.4) is 0 Å². The number of carbonyl (C=O) groups is 1. The maximum absolute atomic E-state index is 12.4. The van der Waals surface area contributed by atoms with Gasteiger partial charge in [-0.25, -0.2) is 0 Å². The van der Waals surface area contributed by atoms with Crippen LogP contribution in [0.1, 0.15) is 46.9 Å². The van der Waals surface area contributed by atoms with Crippen LogP contribution in [0.15, 0.2) is 48.5 Å². The Labute approximate surface area is 161 Å². The highest BCUT2D eigenvalue weighted by Crippen LogP contribution is 2.55. The molecule has 26 heavy (non-hydrogen) atoms. The van der Waals surface area contributed by atoms with Gasteiger partial charge in [0.25, 0.3) is 0 Å². The van der Waals surface area contributed by atoms with E-state index in [1.165, 1.54) is 22.3 Å². The molecule has 1 fully saturated rings. The van der Waals surface area contributed by atoms with Crippen LogP contribution < -0.4 is 10.6 Å². The Morgan fingerprint density at radius 3 is 2.19 bits per heavy atom. The van der Waals surface area contributed by atoms with Crippen molar-refractivity contribution < 1.29 is 4.79 Å². The predicted octanol–water partition coefficient (Wildman–Crippen LogP) is 3.43. The lowest BCUT2D eigenvalue weighted by Crippen LogP contribution is -2.41. The molecule has 1 aliphatic heterocycles. The molecule has 2 bridgehead atoms. The minimum atomic E-state index is 0. The van der Waals surface area contributed by atoms with Crippen LogP contribution in [0.5, 0.6) is 0 Å². The van der Waals surface area contributed by atoms with Crippen LogP contribution in [0.2, 0.25) is 0 Å². The van der Waals surface area contributed by atoms with E-state index in [4.69, 9.17) is 0 Å². The molecule has 2 aromatic carbocycles. The molecule has 3 aliphatic carbocycles. The minimum Gasteiger partial charge on any atom is -0.356 e. The summed E-state index contributed by atoms with van der Waals surface area (Å²) in [6.45, 7) is 2.58. The van der Waals surface area contributed by atoms with Crippen molar-refractivity contribution in [3.05, 3.63) is 70.8 Å². The monoisotopic (exact) mass is 368 g/mol. The number of hydrogen-bond donors (Lipinski definition) is 2. The van der Waals surface area contributed by atoms with Crippen molar-refractivity contribution in [1.82, 2.24) is 10.6 Å². The van der Waals surface area contributed by atoms with Crippen LogP contribution in [-0.4, -0.2) is 25.5 Å². The van der Waals surface area contributed by atoms with Gasteiger partial charge in [-0.15, -0.1) is 12.4 Å². The van der Waals surface area contributed by atoms with E-state index in [9.17, 15) is 4.79 Å². The molecule has 0 aromatic heterocycles. The second kappa shape index (κ2) is 7.05. The van der Waals surface area contributed by atoms with Gasteiger partial charge in [0.1, 0.15) is 0 Å². The van der Waals surface area contributed by atoms with E-state index in [1.54, 1.807) is 0 Å². The Bertz CT molecular complexity index is 768. The number of carbonyl (C=O) groups excluding carboxylic acids is 1.